The third-order valence-corrected chi connectivity index (χ3v) is 5.88. The van der Waals surface area contributed by atoms with Crippen LogP contribution in [-0.2, 0) is 16.6 Å². The van der Waals surface area contributed by atoms with E-state index in [0.717, 1.165) is 12.1 Å². The summed E-state index contributed by atoms with van der Waals surface area (Å²) in [7, 11) is -1.81. The summed E-state index contributed by atoms with van der Waals surface area (Å²) in [5.74, 6) is 0. The molecule has 0 spiro atoms. The Morgan fingerprint density at radius 1 is 1.29 bits per heavy atom. The van der Waals surface area contributed by atoms with E-state index in [1.54, 1.807) is 25.2 Å². The highest BCUT2D eigenvalue weighted by Gasteiger charge is 2.32. The standard InChI is InChI=1S/C16H28N2O2S/c1-7-17-12-14-9-8-10-15(11-14)21(19,20)18(6)13(2)16(3,4)5/h8-11,13,17H,7,12H2,1-6H3. The average Bonchev–Trinajstić information content (AvgIpc) is 2.42. The van der Waals surface area contributed by atoms with Crippen LogP contribution in [0.5, 0.6) is 0 Å². The third kappa shape index (κ3) is 4.53. The van der Waals surface area contributed by atoms with Gasteiger partial charge in [-0.2, -0.15) is 4.31 Å². The predicted molar refractivity (Wildman–Crippen MR) is 87.7 cm³/mol. The second kappa shape index (κ2) is 6.90. The summed E-state index contributed by atoms with van der Waals surface area (Å²) in [5.41, 5.74) is 0.873. The van der Waals surface area contributed by atoms with E-state index in [9.17, 15) is 8.42 Å². The van der Waals surface area contributed by atoms with E-state index >= 15 is 0 Å². The Balaban J connectivity index is 3.07. The first-order valence-corrected chi connectivity index (χ1v) is 8.82. The fourth-order valence-electron chi connectivity index (χ4n) is 2.01. The molecule has 21 heavy (non-hydrogen) atoms. The Labute approximate surface area is 129 Å². The van der Waals surface area contributed by atoms with Crippen molar-refractivity contribution in [2.24, 2.45) is 5.41 Å². The highest BCUT2D eigenvalue weighted by molar-refractivity contribution is 7.89. The van der Waals surface area contributed by atoms with Gasteiger partial charge in [0, 0.05) is 19.6 Å². The number of hydrogen-bond acceptors (Lipinski definition) is 3. The topological polar surface area (TPSA) is 49.4 Å². The number of nitrogens with zero attached hydrogens (tertiary/aromatic N) is 1. The van der Waals surface area contributed by atoms with Crippen molar-refractivity contribution >= 4 is 10.0 Å². The molecular formula is C16H28N2O2S. The van der Waals surface area contributed by atoms with Gasteiger partial charge in [-0.3, -0.25) is 0 Å². The second-order valence-electron chi connectivity index (χ2n) is 6.49. The summed E-state index contributed by atoms with van der Waals surface area (Å²) in [4.78, 5) is 0.358. The minimum atomic E-state index is -3.46. The fraction of sp³-hybridized carbons (Fsp3) is 0.625. The quantitative estimate of drug-likeness (QED) is 0.879. The zero-order chi connectivity index (χ0) is 16.3. The molecule has 0 saturated carbocycles. The Morgan fingerprint density at radius 3 is 2.43 bits per heavy atom. The zero-order valence-electron chi connectivity index (χ0n) is 14.0. The number of sulfonamides is 1. The molecule has 5 heteroatoms. The zero-order valence-corrected chi connectivity index (χ0v) is 14.8. The van der Waals surface area contributed by atoms with Crippen molar-refractivity contribution in [3.63, 3.8) is 0 Å². The number of benzene rings is 1. The first kappa shape index (κ1) is 18.1. The molecule has 1 rings (SSSR count). The van der Waals surface area contributed by atoms with Crippen LogP contribution in [0.3, 0.4) is 0 Å². The van der Waals surface area contributed by atoms with Gasteiger partial charge < -0.3 is 5.32 Å². The minimum absolute atomic E-state index is 0.0834. The van der Waals surface area contributed by atoms with Gasteiger partial charge >= 0.3 is 0 Å². The van der Waals surface area contributed by atoms with Gasteiger partial charge in [-0.1, -0.05) is 39.8 Å². The van der Waals surface area contributed by atoms with E-state index in [-0.39, 0.29) is 11.5 Å². The SMILES string of the molecule is CCNCc1cccc(S(=O)(=O)N(C)C(C)C(C)(C)C)c1. The van der Waals surface area contributed by atoms with E-state index in [0.29, 0.717) is 11.4 Å². The first-order chi connectivity index (χ1) is 9.60. The van der Waals surface area contributed by atoms with Crippen LogP contribution in [0.15, 0.2) is 29.2 Å². The number of hydrogen-bond donors (Lipinski definition) is 1. The first-order valence-electron chi connectivity index (χ1n) is 7.38. The molecule has 1 N–H and O–H groups in total. The lowest BCUT2D eigenvalue weighted by atomic mass is 9.88. The molecule has 0 aliphatic rings. The highest BCUT2D eigenvalue weighted by atomic mass is 32.2. The highest BCUT2D eigenvalue weighted by Crippen LogP contribution is 2.27. The summed E-state index contributed by atoms with van der Waals surface area (Å²) in [6, 6.07) is 7.07. The largest absolute Gasteiger partial charge is 0.313 e. The molecule has 120 valence electrons. The second-order valence-corrected chi connectivity index (χ2v) is 8.49. The molecule has 1 aromatic carbocycles. The summed E-state index contributed by atoms with van der Waals surface area (Å²) < 4.78 is 27.0. The summed E-state index contributed by atoms with van der Waals surface area (Å²) in [6.07, 6.45) is 0. The molecule has 0 fully saturated rings. The molecule has 4 nitrogen and oxygen atoms in total. The van der Waals surface area contributed by atoms with Crippen LogP contribution < -0.4 is 5.32 Å². The molecule has 0 heterocycles. The van der Waals surface area contributed by atoms with Crippen molar-refractivity contribution in [1.82, 2.24) is 9.62 Å². The Bertz CT molecular complexity index is 562. The van der Waals surface area contributed by atoms with Crippen molar-refractivity contribution in [2.75, 3.05) is 13.6 Å². The third-order valence-electron chi connectivity index (χ3n) is 3.95. The Kier molecular flexibility index (Phi) is 5.96. The van der Waals surface area contributed by atoms with Crippen LogP contribution >= 0.6 is 0 Å². The number of nitrogens with one attached hydrogen (secondary N) is 1. The van der Waals surface area contributed by atoms with Gasteiger partial charge in [-0.25, -0.2) is 8.42 Å². The van der Waals surface area contributed by atoms with E-state index in [2.05, 4.69) is 5.32 Å². The predicted octanol–water partition coefficient (Wildman–Crippen LogP) is 2.85. The number of rotatable bonds is 6. The molecule has 0 radical (unpaired) electrons. The lowest BCUT2D eigenvalue weighted by Crippen LogP contribution is -2.42. The van der Waals surface area contributed by atoms with Gasteiger partial charge in [0.05, 0.1) is 4.90 Å². The van der Waals surface area contributed by atoms with Gasteiger partial charge in [-0.05, 0) is 36.6 Å². The van der Waals surface area contributed by atoms with Gasteiger partial charge in [0.1, 0.15) is 0 Å². The smallest absolute Gasteiger partial charge is 0.243 e. The molecule has 0 saturated heterocycles. The summed E-state index contributed by atoms with van der Waals surface area (Å²) >= 11 is 0. The van der Waals surface area contributed by atoms with E-state index < -0.39 is 10.0 Å². The molecule has 0 aliphatic heterocycles. The van der Waals surface area contributed by atoms with Crippen LogP contribution in [0.2, 0.25) is 0 Å². The van der Waals surface area contributed by atoms with Crippen molar-refractivity contribution in [3.8, 4) is 0 Å². The molecule has 0 bridgehead atoms. The van der Waals surface area contributed by atoms with Gasteiger partial charge in [0.2, 0.25) is 10.0 Å². The van der Waals surface area contributed by atoms with Gasteiger partial charge in [-0.15, -0.1) is 0 Å². The van der Waals surface area contributed by atoms with Crippen LogP contribution in [0.25, 0.3) is 0 Å². The lowest BCUT2D eigenvalue weighted by Gasteiger charge is -2.34. The fourth-order valence-corrected chi connectivity index (χ4v) is 3.62. The normalized spacial score (nSPS) is 14.4. The minimum Gasteiger partial charge on any atom is -0.313 e. The summed E-state index contributed by atoms with van der Waals surface area (Å²) in [5, 5.41) is 3.21. The molecule has 1 unspecified atom stereocenters. The van der Waals surface area contributed by atoms with E-state index in [4.69, 9.17) is 0 Å². The molecular weight excluding hydrogens is 284 g/mol. The van der Waals surface area contributed by atoms with Gasteiger partial charge in [0.15, 0.2) is 0 Å². The van der Waals surface area contributed by atoms with E-state index in [1.165, 1.54) is 4.31 Å². The maximum Gasteiger partial charge on any atom is 0.243 e. The van der Waals surface area contributed by atoms with Crippen molar-refractivity contribution < 1.29 is 8.42 Å². The molecule has 1 aromatic rings. The van der Waals surface area contributed by atoms with Crippen molar-refractivity contribution in [1.29, 1.82) is 0 Å². The maximum atomic E-state index is 12.8. The summed E-state index contributed by atoms with van der Waals surface area (Å²) in [6.45, 7) is 11.7. The van der Waals surface area contributed by atoms with Crippen molar-refractivity contribution in [2.45, 2.75) is 52.1 Å². The van der Waals surface area contributed by atoms with E-state index in [1.807, 2.05) is 40.7 Å². The Morgan fingerprint density at radius 2 is 1.90 bits per heavy atom. The maximum absolute atomic E-state index is 12.8. The van der Waals surface area contributed by atoms with Crippen LogP contribution in [0.1, 0.15) is 40.2 Å². The molecule has 0 aromatic heterocycles. The van der Waals surface area contributed by atoms with Crippen LogP contribution in [0, 0.1) is 5.41 Å². The van der Waals surface area contributed by atoms with Crippen LogP contribution in [0.4, 0.5) is 0 Å². The van der Waals surface area contributed by atoms with Gasteiger partial charge in [0.25, 0.3) is 0 Å². The molecule has 0 amide bonds. The monoisotopic (exact) mass is 312 g/mol. The Hall–Kier alpha value is -0.910. The molecule has 1 atom stereocenters. The van der Waals surface area contributed by atoms with Crippen LogP contribution in [-0.4, -0.2) is 32.4 Å². The lowest BCUT2D eigenvalue weighted by molar-refractivity contribution is 0.216. The average molecular weight is 312 g/mol. The van der Waals surface area contributed by atoms with Crippen molar-refractivity contribution in [3.05, 3.63) is 29.8 Å². The molecule has 0 aliphatic carbocycles.